The second-order valence-corrected chi connectivity index (χ2v) is 7.76. The summed E-state index contributed by atoms with van der Waals surface area (Å²) in [6, 6.07) is 0. The van der Waals surface area contributed by atoms with Crippen molar-refractivity contribution in [3.05, 3.63) is 39.6 Å². The number of esters is 2. The first kappa shape index (κ1) is 20.4. The Hall–Kier alpha value is -2.30. The van der Waals surface area contributed by atoms with Crippen LogP contribution in [-0.2, 0) is 23.9 Å². The van der Waals surface area contributed by atoms with E-state index < -0.39 is 11.9 Å². The van der Waals surface area contributed by atoms with E-state index in [1.807, 2.05) is 11.6 Å². The summed E-state index contributed by atoms with van der Waals surface area (Å²) in [4.78, 5) is 41.6. The Morgan fingerprint density at radius 2 is 2.21 bits per heavy atom. The maximum atomic E-state index is 11.9. The minimum atomic E-state index is -0.520. The van der Waals surface area contributed by atoms with Crippen molar-refractivity contribution in [2.24, 2.45) is 0 Å². The molecule has 1 aliphatic rings. The predicted molar refractivity (Wildman–Crippen MR) is 107 cm³/mol. The van der Waals surface area contributed by atoms with Gasteiger partial charge in [-0.1, -0.05) is 23.4 Å². The molecule has 1 saturated heterocycles. The molecule has 1 fully saturated rings. The summed E-state index contributed by atoms with van der Waals surface area (Å²) in [7, 11) is 1.28. The lowest BCUT2D eigenvalue weighted by molar-refractivity contribution is -0.138. The van der Waals surface area contributed by atoms with E-state index >= 15 is 0 Å². The molecule has 0 unspecified atom stereocenters. The number of rotatable bonds is 7. The minimum absolute atomic E-state index is 0.0958. The van der Waals surface area contributed by atoms with E-state index in [9.17, 15) is 14.4 Å². The van der Waals surface area contributed by atoms with Crippen molar-refractivity contribution in [1.29, 1.82) is 0 Å². The zero-order chi connectivity index (χ0) is 20.1. The van der Waals surface area contributed by atoms with Crippen molar-refractivity contribution in [1.82, 2.24) is 14.3 Å². The maximum Gasteiger partial charge on any atom is 0.333 e. The molecule has 148 valence electrons. The molecule has 2 aromatic rings. The lowest BCUT2D eigenvalue weighted by atomic mass is 10.4. The van der Waals surface area contributed by atoms with Crippen molar-refractivity contribution in [3.63, 3.8) is 0 Å². The molecule has 0 radical (unpaired) electrons. The molecule has 8 nitrogen and oxygen atoms in total. The molecule has 0 bridgehead atoms. The average Bonchev–Trinajstić information content (AvgIpc) is 3.33. The molecule has 1 amide bonds. The first-order chi connectivity index (χ1) is 13.5. The summed E-state index contributed by atoms with van der Waals surface area (Å²) in [5.74, 6) is -0.860. The fourth-order valence-corrected chi connectivity index (χ4v) is 4.41. The van der Waals surface area contributed by atoms with Crippen molar-refractivity contribution < 1.29 is 23.9 Å². The number of thioether (sulfide) groups is 1. The largest absolute Gasteiger partial charge is 0.466 e. The highest BCUT2D eigenvalue weighted by Crippen LogP contribution is 2.28. The molecule has 0 atom stereocenters. The van der Waals surface area contributed by atoms with Crippen molar-refractivity contribution in [2.75, 3.05) is 26.0 Å². The van der Waals surface area contributed by atoms with Crippen LogP contribution in [0.2, 0.25) is 5.15 Å². The third kappa shape index (κ3) is 4.75. The maximum absolute atomic E-state index is 11.9. The Morgan fingerprint density at radius 3 is 3.00 bits per heavy atom. The van der Waals surface area contributed by atoms with E-state index in [1.54, 1.807) is 10.5 Å². The van der Waals surface area contributed by atoms with Gasteiger partial charge in [0.1, 0.15) is 0 Å². The number of carbonyl (C=O) groups is 3. The zero-order valence-electron chi connectivity index (χ0n) is 14.8. The van der Waals surface area contributed by atoms with Gasteiger partial charge in [-0.2, -0.15) is 0 Å². The fraction of sp³-hybridized carbons (Fsp3) is 0.294. The quantitative estimate of drug-likeness (QED) is 0.370. The third-order valence-corrected chi connectivity index (χ3v) is 5.81. The number of ether oxygens (including phenoxy) is 2. The number of methoxy groups -OCH3 is 1. The normalized spacial score (nSPS) is 15.9. The van der Waals surface area contributed by atoms with Crippen LogP contribution in [0.25, 0.3) is 11.0 Å². The van der Waals surface area contributed by atoms with Gasteiger partial charge in [0.05, 0.1) is 36.3 Å². The Kier molecular flexibility index (Phi) is 6.76. The third-order valence-electron chi connectivity index (χ3n) is 3.75. The Balaban J connectivity index is 1.48. The molecule has 2 aromatic heterocycles. The van der Waals surface area contributed by atoms with Gasteiger partial charge in [-0.3, -0.25) is 9.20 Å². The molecule has 0 aromatic carbocycles. The molecule has 11 heteroatoms. The van der Waals surface area contributed by atoms with Crippen LogP contribution in [0.4, 0.5) is 0 Å². The fourth-order valence-electron chi connectivity index (χ4n) is 2.45. The van der Waals surface area contributed by atoms with Gasteiger partial charge in [-0.05, 0) is 12.5 Å². The summed E-state index contributed by atoms with van der Waals surface area (Å²) in [5.41, 5.74) is 0.604. The average molecular weight is 442 g/mol. The number of imidazole rings is 1. The van der Waals surface area contributed by atoms with Crippen LogP contribution in [0, 0.1) is 0 Å². The topological polar surface area (TPSA) is 90.2 Å². The minimum Gasteiger partial charge on any atom is -0.466 e. The van der Waals surface area contributed by atoms with Crippen molar-refractivity contribution in [2.45, 2.75) is 6.42 Å². The molecule has 1 aliphatic heterocycles. The van der Waals surface area contributed by atoms with E-state index in [0.717, 1.165) is 4.96 Å². The molecule has 0 saturated carbocycles. The number of thiazole rings is 1. The number of carbonyl (C=O) groups excluding carboxylic acids is 3. The second-order valence-electron chi connectivity index (χ2n) is 5.54. The number of amides is 1. The summed E-state index contributed by atoms with van der Waals surface area (Å²) in [6.07, 6.45) is 6.37. The second kappa shape index (κ2) is 9.26. The number of halogens is 1. The Morgan fingerprint density at radius 1 is 1.39 bits per heavy atom. The standard InChI is InChI=1S/C17H16ClN3O5S2/c1-25-15(24)9-13-21(12(22)10-28-13)5-2-7-26-14(23)4-3-11-16(18)19-17-20(11)6-8-27-17/h3-4,6,8-9H,2,5,7,10H2,1H3/b4-3+,13-9+. The summed E-state index contributed by atoms with van der Waals surface area (Å²) >= 11 is 8.77. The van der Waals surface area contributed by atoms with Gasteiger partial charge in [0.15, 0.2) is 10.1 Å². The van der Waals surface area contributed by atoms with Gasteiger partial charge >= 0.3 is 11.9 Å². The highest BCUT2D eigenvalue weighted by Gasteiger charge is 2.26. The van der Waals surface area contributed by atoms with Gasteiger partial charge in [-0.25, -0.2) is 14.6 Å². The lowest BCUT2D eigenvalue weighted by Gasteiger charge is -2.16. The first-order valence-electron chi connectivity index (χ1n) is 8.18. The van der Waals surface area contributed by atoms with Crippen LogP contribution in [0.15, 0.2) is 28.8 Å². The number of hydrogen-bond donors (Lipinski definition) is 0. The van der Waals surface area contributed by atoms with Gasteiger partial charge in [0, 0.05) is 24.2 Å². The first-order valence-corrected chi connectivity index (χ1v) is 10.4. The molecule has 0 N–H and O–H groups in total. The molecular weight excluding hydrogens is 426 g/mol. The summed E-state index contributed by atoms with van der Waals surface area (Å²) < 4.78 is 11.5. The van der Waals surface area contributed by atoms with Crippen LogP contribution >= 0.6 is 34.7 Å². The van der Waals surface area contributed by atoms with E-state index in [-0.39, 0.29) is 18.3 Å². The molecule has 3 heterocycles. The highest BCUT2D eigenvalue weighted by atomic mass is 35.5. The van der Waals surface area contributed by atoms with Crippen LogP contribution < -0.4 is 0 Å². The van der Waals surface area contributed by atoms with Crippen molar-refractivity contribution >= 4 is 63.6 Å². The number of hydrogen-bond acceptors (Lipinski definition) is 8. The number of aromatic nitrogens is 2. The Bertz CT molecular complexity index is 965. The van der Waals surface area contributed by atoms with E-state index in [1.165, 1.54) is 47.3 Å². The van der Waals surface area contributed by atoms with Gasteiger partial charge in [0.2, 0.25) is 5.91 Å². The summed E-state index contributed by atoms with van der Waals surface area (Å²) in [5, 5.41) is 2.72. The van der Waals surface area contributed by atoms with Gasteiger partial charge < -0.3 is 14.4 Å². The predicted octanol–water partition coefficient (Wildman–Crippen LogP) is 2.59. The molecule has 0 spiro atoms. The SMILES string of the molecule is COC(=O)/C=C1/SCC(=O)N1CCCOC(=O)/C=C/c1c(Cl)nc2sccn12. The van der Waals surface area contributed by atoms with Crippen LogP contribution in [0.1, 0.15) is 12.1 Å². The van der Waals surface area contributed by atoms with E-state index in [4.69, 9.17) is 16.3 Å². The van der Waals surface area contributed by atoms with E-state index in [0.29, 0.717) is 28.8 Å². The number of fused-ring (bicyclic) bond motifs is 1. The molecule has 0 aliphatic carbocycles. The van der Waals surface area contributed by atoms with Gasteiger partial charge in [-0.15, -0.1) is 11.3 Å². The molecule has 3 rings (SSSR count). The molecular formula is C17H16ClN3O5S2. The zero-order valence-corrected chi connectivity index (χ0v) is 17.2. The Labute approximate surface area is 173 Å². The van der Waals surface area contributed by atoms with Crippen LogP contribution in [0.3, 0.4) is 0 Å². The highest BCUT2D eigenvalue weighted by molar-refractivity contribution is 8.04. The smallest absolute Gasteiger partial charge is 0.333 e. The van der Waals surface area contributed by atoms with Crippen LogP contribution in [0.5, 0.6) is 0 Å². The molecule has 28 heavy (non-hydrogen) atoms. The summed E-state index contributed by atoms with van der Waals surface area (Å²) in [6.45, 7) is 0.479. The monoisotopic (exact) mass is 441 g/mol. The lowest BCUT2D eigenvalue weighted by Crippen LogP contribution is -2.27. The van der Waals surface area contributed by atoms with Crippen molar-refractivity contribution in [3.8, 4) is 0 Å². The van der Waals surface area contributed by atoms with Gasteiger partial charge in [0.25, 0.3) is 0 Å². The van der Waals surface area contributed by atoms with E-state index in [2.05, 4.69) is 9.72 Å². The number of nitrogens with zero attached hydrogens (tertiary/aromatic N) is 3. The van der Waals surface area contributed by atoms with Crippen LogP contribution in [-0.4, -0.2) is 58.1 Å².